The lowest BCUT2D eigenvalue weighted by Crippen LogP contribution is -2.54. The minimum Gasteiger partial charge on any atom is -0.348 e. The molecule has 1 aromatic heterocycles. The largest absolute Gasteiger partial charge is 0.348 e. The van der Waals surface area contributed by atoms with Gasteiger partial charge in [0, 0.05) is 39.3 Å². The van der Waals surface area contributed by atoms with Crippen molar-refractivity contribution in [3.63, 3.8) is 0 Å². The second-order valence-electron chi connectivity index (χ2n) is 9.25. The van der Waals surface area contributed by atoms with Crippen molar-refractivity contribution in [2.75, 3.05) is 26.2 Å². The fourth-order valence-corrected chi connectivity index (χ4v) is 6.78. The van der Waals surface area contributed by atoms with Crippen LogP contribution in [0.2, 0.25) is 0 Å². The monoisotopic (exact) mass is 495 g/mol. The number of amides is 2. The topological polar surface area (TPSA) is 133 Å². The van der Waals surface area contributed by atoms with Gasteiger partial charge in [-0.3, -0.25) is 14.4 Å². The Morgan fingerprint density at radius 3 is 2.34 bits per heavy atom. The molecule has 1 aliphatic carbocycles. The lowest BCUT2D eigenvalue weighted by molar-refractivity contribution is 0.0693. The fourth-order valence-electron chi connectivity index (χ4n) is 4.56. The zero-order valence-corrected chi connectivity index (χ0v) is 19.9. The standard InChI is InChI=1S/C24H25N5O5S/c25-14-17-2-4-18(5-3-17)15-26-21(30)19-6-7-20-23(32)27(12-13-29(20)22(19)31)16-24(8-9-24)35(33,34)28-10-1-11-28/h2-7H,1,8-13,15-16H2,(H,26,30). The third-order valence-corrected chi connectivity index (χ3v) is 9.72. The van der Waals surface area contributed by atoms with E-state index in [4.69, 9.17) is 5.26 Å². The highest BCUT2D eigenvalue weighted by Gasteiger charge is 2.59. The molecule has 0 bridgehead atoms. The van der Waals surface area contributed by atoms with Gasteiger partial charge in [-0.05, 0) is 49.1 Å². The van der Waals surface area contributed by atoms with Crippen molar-refractivity contribution >= 4 is 21.8 Å². The predicted octanol–water partition coefficient (Wildman–Crippen LogP) is 0.674. The molecule has 1 aromatic carbocycles. The third kappa shape index (κ3) is 4.02. The lowest BCUT2D eigenvalue weighted by Gasteiger charge is -2.37. The van der Waals surface area contributed by atoms with Crippen molar-refractivity contribution in [3.8, 4) is 6.07 Å². The van der Waals surface area contributed by atoms with Crippen LogP contribution in [0.15, 0.2) is 41.2 Å². The molecule has 0 atom stereocenters. The Morgan fingerprint density at radius 1 is 1.03 bits per heavy atom. The SMILES string of the molecule is N#Cc1ccc(CNC(=O)c2ccc3n(c2=O)CCN(CC2(S(=O)(=O)N4CCC4)CC2)C3=O)cc1. The molecule has 3 heterocycles. The van der Waals surface area contributed by atoms with Crippen LogP contribution in [0.25, 0.3) is 0 Å². The number of sulfonamides is 1. The van der Waals surface area contributed by atoms with Crippen molar-refractivity contribution in [1.82, 2.24) is 19.1 Å². The smallest absolute Gasteiger partial charge is 0.270 e. The fraction of sp³-hybridized carbons (Fsp3) is 0.417. The van der Waals surface area contributed by atoms with Crippen molar-refractivity contribution in [3.05, 3.63) is 69.1 Å². The summed E-state index contributed by atoms with van der Waals surface area (Å²) in [6, 6.07) is 11.6. The number of benzene rings is 1. The number of rotatable bonds is 7. The van der Waals surface area contributed by atoms with Gasteiger partial charge in [-0.1, -0.05) is 12.1 Å². The van der Waals surface area contributed by atoms with Gasteiger partial charge in [0.1, 0.15) is 16.0 Å². The zero-order valence-electron chi connectivity index (χ0n) is 19.1. The number of nitrogens with one attached hydrogen (secondary N) is 1. The quantitative estimate of drug-likeness (QED) is 0.601. The van der Waals surface area contributed by atoms with E-state index in [-0.39, 0.29) is 37.4 Å². The van der Waals surface area contributed by atoms with Crippen LogP contribution in [-0.2, 0) is 23.1 Å². The van der Waals surface area contributed by atoms with E-state index in [1.165, 1.54) is 25.9 Å². The minimum absolute atomic E-state index is 0.0670. The molecule has 10 nitrogen and oxygen atoms in total. The molecule has 5 rings (SSSR count). The predicted molar refractivity (Wildman–Crippen MR) is 126 cm³/mol. The van der Waals surface area contributed by atoms with Crippen LogP contribution in [0.5, 0.6) is 0 Å². The summed E-state index contributed by atoms with van der Waals surface area (Å²) in [5.74, 6) is -0.954. The molecule has 2 amide bonds. The van der Waals surface area contributed by atoms with E-state index in [9.17, 15) is 22.8 Å². The van der Waals surface area contributed by atoms with Crippen molar-refractivity contribution < 1.29 is 18.0 Å². The van der Waals surface area contributed by atoms with Crippen LogP contribution >= 0.6 is 0 Å². The average molecular weight is 496 g/mol. The maximum Gasteiger partial charge on any atom is 0.270 e. The second-order valence-corrected chi connectivity index (χ2v) is 11.6. The van der Waals surface area contributed by atoms with E-state index in [1.807, 2.05) is 6.07 Å². The first-order valence-electron chi connectivity index (χ1n) is 11.6. The highest BCUT2D eigenvalue weighted by atomic mass is 32.2. The van der Waals surface area contributed by atoms with E-state index < -0.39 is 32.1 Å². The van der Waals surface area contributed by atoms with Gasteiger partial charge in [-0.2, -0.15) is 5.26 Å². The van der Waals surface area contributed by atoms with Gasteiger partial charge in [0.2, 0.25) is 10.0 Å². The first-order chi connectivity index (χ1) is 16.8. The van der Waals surface area contributed by atoms with Crippen LogP contribution in [0, 0.1) is 11.3 Å². The number of carbonyl (C=O) groups is 2. The van der Waals surface area contributed by atoms with E-state index in [1.54, 1.807) is 24.3 Å². The van der Waals surface area contributed by atoms with Gasteiger partial charge in [0.15, 0.2) is 0 Å². The summed E-state index contributed by atoms with van der Waals surface area (Å²) in [5.41, 5.74) is 0.827. The van der Waals surface area contributed by atoms with Crippen molar-refractivity contribution in [2.45, 2.75) is 37.1 Å². The van der Waals surface area contributed by atoms with Gasteiger partial charge in [-0.25, -0.2) is 12.7 Å². The third-order valence-electron chi connectivity index (χ3n) is 7.04. The summed E-state index contributed by atoms with van der Waals surface area (Å²) >= 11 is 0. The molecule has 1 saturated heterocycles. The van der Waals surface area contributed by atoms with Gasteiger partial charge in [-0.15, -0.1) is 0 Å². The number of pyridine rings is 1. The van der Waals surface area contributed by atoms with E-state index >= 15 is 0 Å². The van der Waals surface area contributed by atoms with Crippen LogP contribution in [0.3, 0.4) is 0 Å². The molecule has 2 fully saturated rings. The summed E-state index contributed by atoms with van der Waals surface area (Å²) in [4.78, 5) is 40.3. The Labute approximate surface area is 202 Å². The summed E-state index contributed by atoms with van der Waals surface area (Å²) in [7, 11) is -3.45. The van der Waals surface area contributed by atoms with Crippen LogP contribution in [0.1, 0.15) is 51.2 Å². The second kappa shape index (κ2) is 8.62. The van der Waals surface area contributed by atoms with Gasteiger partial charge >= 0.3 is 0 Å². The van der Waals surface area contributed by atoms with Crippen LogP contribution < -0.4 is 10.9 Å². The zero-order chi connectivity index (χ0) is 24.8. The normalized spacial score (nSPS) is 18.8. The maximum atomic E-state index is 13.1. The first kappa shape index (κ1) is 23.3. The highest BCUT2D eigenvalue weighted by Crippen LogP contribution is 2.47. The Morgan fingerprint density at radius 2 is 1.74 bits per heavy atom. The Hall–Kier alpha value is -3.49. The van der Waals surface area contributed by atoms with Crippen LogP contribution in [-0.4, -0.2) is 64.9 Å². The van der Waals surface area contributed by atoms with Gasteiger partial charge in [0.05, 0.1) is 11.6 Å². The highest BCUT2D eigenvalue weighted by molar-refractivity contribution is 7.90. The molecule has 0 unspecified atom stereocenters. The molecule has 0 radical (unpaired) electrons. The summed E-state index contributed by atoms with van der Waals surface area (Å²) in [5, 5.41) is 11.6. The van der Waals surface area contributed by atoms with Crippen LogP contribution in [0.4, 0.5) is 0 Å². The molecule has 1 saturated carbocycles. The summed E-state index contributed by atoms with van der Waals surface area (Å²) in [6.07, 6.45) is 1.92. The molecular weight excluding hydrogens is 470 g/mol. The number of hydrogen-bond donors (Lipinski definition) is 1. The molecule has 35 heavy (non-hydrogen) atoms. The first-order valence-corrected chi connectivity index (χ1v) is 13.0. The average Bonchev–Trinajstić information content (AvgIpc) is 3.60. The van der Waals surface area contributed by atoms with Gasteiger partial charge < -0.3 is 14.8 Å². The van der Waals surface area contributed by atoms with E-state index in [0.717, 1.165) is 12.0 Å². The molecule has 1 N–H and O–H groups in total. The van der Waals surface area contributed by atoms with Gasteiger partial charge in [0.25, 0.3) is 17.4 Å². The van der Waals surface area contributed by atoms with Crippen molar-refractivity contribution in [2.24, 2.45) is 0 Å². The molecular formula is C24H25N5O5S. The van der Waals surface area contributed by atoms with E-state index in [2.05, 4.69) is 5.32 Å². The Balaban J connectivity index is 1.29. The summed E-state index contributed by atoms with van der Waals surface area (Å²) < 4.78 is 27.8. The number of hydrogen-bond acceptors (Lipinski definition) is 6. The summed E-state index contributed by atoms with van der Waals surface area (Å²) in [6.45, 7) is 1.77. The number of aromatic nitrogens is 1. The number of nitriles is 1. The Bertz CT molecular complexity index is 1400. The molecule has 11 heteroatoms. The van der Waals surface area contributed by atoms with E-state index in [0.29, 0.717) is 31.5 Å². The molecule has 0 spiro atoms. The molecule has 2 aromatic rings. The van der Waals surface area contributed by atoms with Crippen molar-refractivity contribution in [1.29, 1.82) is 5.26 Å². The molecule has 2 aliphatic heterocycles. The lowest BCUT2D eigenvalue weighted by atomic mass is 10.1. The minimum atomic E-state index is -3.45. The number of carbonyl (C=O) groups excluding carboxylic acids is 2. The molecule has 3 aliphatic rings. The Kier molecular flexibility index (Phi) is 5.73. The number of fused-ring (bicyclic) bond motifs is 1. The molecule has 182 valence electrons. The maximum absolute atomic E-state index is 13.1. The number of nitrogens with zero attached hydrogens (tertiary/aromatic N) is 4.